The Bertz CT molecular complexity index is 710. The monoisotopic (exact) mass is 293 g/mol. The van der Waals surface area contributed by atoms with Gasteiger partial charge in [0.1, 0.15) is 12.4 Å². The first-order valence-electron chi connectivity index (χ1n) is 7.90. The summed E-state index contributed by atoms with van der Waals surface area (Å²) in [4.78, 5) is 12.6. The number of benzene rings is 2. The molecule has 0 saturated carbocycles. The van der Waals surface area contributed by atoms with E-state index in [2.05, 4.69) is 23.5 Å². The van der Waals surface area contributed by atoms with E-state index < -0.39 is 0 Å². The fourth-order valence-corrected chi connectivity index (χ4v) is 3.49. The molecule has 4 rings (SSSR count). The van der Waals surface area contributed by atoms with Crippen LogP contribution in [0.5, 0.6) is 5.75 Å². The number of amides is 1. The van der Waals surface area contributed by atoms with Crippen LogP contribution in [0.3, 0.4) is 0 Å². The van der Waals surface area contributed by atoms with E-state index >= 15 is 0 Å². The van der Waals surface area contributed by atoms with Gasteiger partial charge in [0.2, 0.25) is 5.91 Å². The number of para-hydroxylation sites is 1. The summed E-state index contributed by atoms with van der Waals surface area (Å²) >= 11 is 0. The first-order chi connectivity index (χ1) is 10.8. The van der Waals surface area contributed by atoms with Crippen molar-refractivity contribution in [1.29, 1.82) is 0 Å². The summed E-state index contributed by atoms with van der Waals surface area (Å²) in [5.41, 5.74) is 3.76. The molecule has 0 radical (unpaired) electrons. The highest BCUT2D eigenvalue weighted by molar-refractivity contribution is 5.80. The molecule has 0 fully saturated rings. The number of aryl methyl sites for hydroxylation is 1. The summed E-state index contributed by atoms with van der Waals surface area (Å²) < 4.78 is 5.73. The molecule has 1 heterocycles. The number of carbonyl (C=O) groups excluding carboxylic acids is 1. The van der Waals surface area contributed by atoms with Crippen LogP contribution in [0.15, 0.2) is 48.5 Å². The molecule has 1 aliphatic heterocycles. The highest BCUT2D eigenvalue weighted by Gasteiger charge is 2.29. The van der Waals surface area contributed by atoms with Crippen molar-refractivity contribution < 1.29 is 9.53 Å². The molecule has 0 aromatic heterocycles. The summed E-state index contributed by atoms with van der Waals surface area (Å²) in [5, 5.41) is 3.22. The maximum Gasteiger partial charge on any atom is 0.227 e. The molecule has 2 aliphatic rings. The van der Waals surface area contributed by atoms with Crippen LogP contribution in [-0.2, 0) is 17.6 Å². The zero-order valence-electron chi connectivity index (χ0n) is 12.4. The van der Waals surface area contributed by atoms with E-state index in [0.29, 0.717) is 6.61 Å². The van der Waals surface area contributed by atoms with Crippen molar-refractivity contribution >= 4 is 5.91 Å². The van der Waals surface area contributed by atoms with Gasteiger partial charge in [0, 0.05) is 0 Å². The van der Waals surface area contributed by atoms with Crippen molar-refractivity contribution in [1.82, 2.24) is 5.32 Å². The average molecular weight is 293 g/mol. The van der Waals surface area contributed by atoms with E-state index in [9.17, 15) is 4.79 Å². The van der Waals surface area contributed by atoms with Gasteiger partial charge in [0.15, 0.2) is 0 Å². The highest BCUT2D eigenvalue weighted by atomic mass is 16.5. The third-order valence-corrected chi connectivity index (χ3v) is 4.70. The maximum absolute atomic E-state index is 12.6. The number of nitrogens with one attached hydrogen (secondary N) is 1. The third-order valence-electron chi connectivity index (χ3n) is 4.70. The lowest BCUT2D eigenvalue weighted by Gasteiger charge is -2.26. The predicted molar refractivity (Wildman–Crippen MR) is 84.8 cm³/mol. The third kappa shape index (κ3) is 2.37. The second-order valence-corrected chi connectivity index (χ2v) is 6.12. The highest BCUT2D eigenvalue weighted by Crippen LogP contribution is 2.32. The topological polar surface area (TPSA) is 38.3 Å². The van der Waals surface area contributed by atoms with E-state index in [1.807, 2.05) is 30.3 Å². The van der Waals surface area contributed by atoms with Gasteiger partial charge in [-0.1, -0.05) is 42.5 Å². The number of hydrogen-bond donors (Lipinski definition) is 1. The minimum atomic E-state index is -0.0948. The molecule has 3 heteroatoms. The van der Waals surface area contributed by atoms with Crippen molar-refractivity contribution in [3.8, 4) is 5.75 Å². The number of rotatable bonds is 2. The van der Waals surface area contributed by atoms with Gasteiger partial charge in [-0.2, -0.15) is 0 Å². The fraction of sp³-hybridized carbons (Fsp3) is 0.316. The maximum atomic E-state index is 12.6. The van der Waals surface area contributed by atoms with Crippen LogP contribution in [0, 0.1) is 5.92 Å². The molecule has 1 amide bonds. The largest absolute Gasteiger partial charge is 0.492 e. The van der Waals surface area contributed by atoms with Crippen LogP contribution in [0.1, 0.15) is 29.2 Å². The quantitative estimate of drug-likeness (QED) is 0.924. The lowest BCUT2D eigenvalue weighted by Crippen LogP contribution is -2.38. The number of hydrogen-bond acceptors (Lipinski definition) is 2. The van der Waals surface area contributed by atoms with Crippen LogP contribution in [0.2, 0.25) is 0 Å². The Hall–Kier alpha value is -2.29. The minimum absolute atomic E-state index is 0.0948. The SMILES string of the molecule is O=C(NC1CCc2ccccc21)C1COc2ccccc2C1. The second-order valence-electron chi connectivity index (χ2n) is 6.12. The van der Waals surface area contributed by atoms with E-state index in [-0.39, 0.29) is 17.9 Å². The van der Waals surface area contributed by atoms with Crippen molar-refractivity contribution in [2.75, 3.05) is 6.61 Å². The van der Waals surface area contributed by atoms with E-state index in [0.717, 1.165) is 30.6 Å². The van der Waals surface area contributed by atoms with Gasteiger partial charge in [-0.3, -0.25) is 4.79 Å². The molecule has 3 nitrogen and oxygen atoms in total. The molecule has 0 saturated heterocycles. The normalized spacial score (nSPS) is 22.4. The molecule has 22 heavy (non-hydrogen) atoms. The van der Waals surface area contributed by atoms with Gasteiger partial charge in [-0.15, -0.1) is 0 Å². The molecule has 2 aromatic carbocycles. The molecule has 2 atom stereocenters. The van der Waals surface area contributed by atoms with E-state index in [1.54, 1.807) is 0 Å². The van der Waals surface area contributed by atoms with Crippen LogP contribution in [0.4, 0.5) is 0 Å². The van der Waals surface area contributed by atoms with Gasteiger partial charge in [-0.25, -0.2) is 0 Å². The lowest BCUT2D eigenvalue weighted by atomic mass is 9.95. The van der Waals surface area contributed by atoms with Gasteiger partial charge in [0.25, 0.3) is 0 Å². The number of fused-ring (bicyclic) bond motifs is 2. The summed E-state index contributed by atoms with van der Waals surface area (Å²) in [6.45, 7) is 0.469. The minimum Gasteiger partial charge on any atom is -0.492 e. The zero-order valence-corrected chi connectivity index (χ0v) is 12.4. The Kier molecular flexibility index (Phi) is 3.34. The van der Waals surface area contributed by atoms with Gasteiger partial charge in [0.05, 0.1) is 12.0 Å². The molecular weight excluding hydrogens is 274 g/mol. The molecule has 0 spiro atoms. The van der Waals surface area contributed by atoms with Crippen molar-refractivity contribution in [2.24, 2.45) is 5.92 Å². The molecule has 2 unspecified atom stereocenters. The summed E-state index contributed by atoms with van der Waals surface area (Å²) in [5.74, 6) is 0.927. The first kappa shape index (κ1) is 13.4. The van der Waals surface area contributed by atoms with Gasteiger partial charge in [-0.05, 0) is 42.0 Å². The Morgan fingerprint density at radius 3 is 2.73 bits per heavy atom. The molecule has 2 aromatic rings. The van der Waals surface area contributed by atoms with Crippen LogP contribution in [-0.4, -0.2) is 12.5 Å². The summed E-state index contributed by atoms with van der Waals surface area (Å²) in [6, 6.07) is 16.5. The Morgan fingerprint density at radius 1 is 1.05 bits per heavy atom. The van der Waals surface area contributed by atoms with E-state index in [4.69, 9.17) is 4.74 Å². The fourth-order valence-electron chi connectivity index (χ4n) is 3.49. The smallest absolute Gasteiger partial charge is 0.227 e. The van der Waals surface area contributed by atoms with Gasteiger partial charge < -0.3 is 10.1 Å². The van der Waals surface area contributed by atoms with Crippen LogP contribution < -0.4 is 10.1 Å². The average Bonchev–Trinajstić information content (AvgIpc) is 2.97. The molecule has 1 aliphatic carbocycles. The van der Waals surface area contributed by atoms with Gasteiger partial charge >= 0.3 is 0 Å². The molecule has 0 bridgehead atoms. The Balaban J connectivity index is 1.46. The van der Waals surface area contributed by atoms with Crippen molar-refractivity contribution in [3.63, 3.8) is 0 Å². The second kappa shape index (κ2) is 5.48. The summed E-state index contributed by atoms with van der Waals surface area (Å²) in [7, 11) is 0. The molecular formula is C19H19NO2. The zero-order chi connectivity index (χ0) is 14.9. The number of carbonyl (C=O) groups is 1. The lowest BCUT2D eigenvalue weighted by molar-refractivity contribution is -0.127. The Labute approximate surface area is 130 Å². The first-order valence-corrected chi connectivity index (χ1v) is 7.90. The van der Waals surface area contributed by atoms with Crippen molar-refractivity contribution in [3.05, 3.63) is 65.2 Å². The number of ether oxygens (including phenoxy) is 1. The Morgan fingerprint density at radius 2 is 1.82 bits per heavy atom. The predicted octanol–water partition coefficient (Wildman–Crippen LogP) is 3.04. The molecule has 112 valence electrons. The molecule has 1 N–H and O–H groups in total. The standard InChI is InChI=1S/C19H19NO2/c21-19(15-11-14-6-2-4-8-18(14)22-12-15)20-17-10-9-13-5-1-3-7-16(13)17/h1-8,15,17H,9-12H2,(H,20,21). The van der Waals surface area contributed by atoms with E-state index in [1.165, 1.54) is 11.1 Å². The van der Waals surface area contributed by atoms with Crippen molar-refractivity contribution in [2.45, 2.75) is 25.3 Å². The van der Waals surface area contributed by atoms with Crippen LogP contribution >= 0.6 is 0 Å². The summed E-state index contributed by atoms with van der Waals surface area (Å²) in [6.07, 6.45) is 2.80. The van der Waals surface area contributed by atoms with Crippen LogP contribution in [0.25, 0.3) is 0 Å².